The van der Waals surface area contributed by atoms with E-state index < -0.39 is 0 Å². The Labute approximate surface area is 278 Å². The van der Waals surface area contributed by atoms with Crippen LogP contribution in [0, 0.1) is 0 Å². The predicted octanol–water partition coefficient (Wildman–Crippen LogP) is 14.9. The van der Waals surface area contributed by atoms with Gasteiger partial charge in [-0.05, 0) is 44.9 Å². The second-order valence-corrected chi connectivity index (χ2v) is 13.6. The average molecular weight is 617 g/mol. The van der Waals surface area contributed by atoms with Crippen LogP contribution in [0.5, 0.6) is 0 Å². The van der Waals surface area contributed by atoms with Gasteiger partial charge in [-0.3, -0.25) is 4.79 Å². The third kappa shape index (κ3) is 39.0. The van der Waals surface area contributed by atoms with Crippen molar-refractivity contribution in [3.63, 3.8) is 0 Å². The van der Waals surface area contributed by atoms with Crippen LogP contribution in [0.1, 0.15) is 232 Å². The highest BCUT2D eigenvalue weighted by Crippen LogP contribution is 2.15. The van der Waals surface area contributed by atoms with Gasteiger partial charge in [0, 0.05) is 6.42 Å². The summed E-state index contributed by atoms with van der Waals surface area (Å²) in [7, 11) is 0. The molecule has 260 valence electrons. The molecule has 2 nitrogen and oxygen atoms in total. The van der Waals surface area contributed by atoms with E-state index in [0.29, 0.717) is 13.0 Å². The monoisotopic (exact) mass is 617 g/mol. The molecule has 0 N–H and O–H groups in total. The normalized spacial score (nSPS) is 11.8. The number of esters is 1. The molecule has 0 aliphatic carbocycles. The molecule has 0 aromatic rings. The number of carbonyl (C=O) groups is 1. The van der Waals surface area contributed by atoms with Crippen molar-refractivity contribution in [2.45, 2.75) is 232 Å². The summed E-state index contributed by atoms with van der Waals surface area (Å²) < 4.78 is 5.45. The van der Waals surface area contributed by atoms with Crippen molar-refractivity contribution in [1.82, 2.24) is 0 Å². The summed E-state index contributed by atoms with van der Waals surface area (Å²) in [5.41, 5.74) is 0. The fraction of sp³-hybridized carbons (Fsp3) is 0.881. The first kappa shape index (κ1) is 43.0. The Morgan fingerprint density at radius 1 is 0.386 bits per heavy atom. The van der Waals surface area contributed by atoms with E-state index in [-0.39, 0.29) is 5.97 Å². The van der Waals surface area contributed by atoms with Gasteiger partial charge >= 0.3 is 5.97 Å². The van der Waals surface area contributed by atoms with Gasteiger partial charge in [0.1, 0.15) is 0 Å². The molecule has 0 bridgehead atoms. The number of allylic oxidation sites excluding steroid dienone is 4. The molecule has 0 aromatic heterocycles. The molecule has 0 saturated heterocycles. The van der Waals surface area contributed by atoms with Crippen LogP contribution in [-0.2, 0) is 9.53 Å². The van der Waals surface area contributed by atoms with E-state index in [1.54, 1.807) is 0 Å². The Hall–Kier alpha value is -1.05. The molecule has 0 rings (SSSR count). The summed E-state index contributed by atoms with van der Waals surface area (Å²) in [5.74, 6) is 0.0189. The van der Waals surface area contributed by atoms with Gasteiger partial charge in [0.05, 0.1) is 6.61 Å². The Morgan fingerprint density at radius 2 is 0.705 bits per heavy atom. The van der Waals surface area contributed by atoms with E-state index in [9.17, 15) is 4.79 Å². The summed E-state index contributed by atoms with van der Waals surface area (Å²) in [6, 6.07) is 0. The van der Waals surface area contributed by atoms with Crippen LogP contribution < -0.4 is 0 Å². The van der Waals surface area contributed by atoms with Crippen LogP contribution in [-0.4, -0.2) is 12.6 Å². The van der Waals surface area contributed by atoms with Crippen molar-refractivity contribution in [2.24, 2.45) is 0 Å². The second-order valence-electron chi connectivity index (χ2n) is 13.6. The molecule has 0 heterocycles. The lowest BCUT2D eigenvalue weighted by atomic mass is 10.0. The Balaban J connectivity index is 3.19. The maximum atomic E-state index is 12.0. The molecular weight excluding hydrogens is 536 g/mol. The van der Waals surface area contributed by atoms with Crippen LogP contribution in [0.4, 0.5) is 0 Å². The molecule has 2 heteroatoms. The van der Waals surface area contributed by atoms with Crippen LogP contribution in [0.3, 0.4) is 0 Å². The van der Waals surface area contributed by atoms with Crippen LogP contribution in [0.2, 0.25) is 0 Å². The Morgan fingerprint density at radius 3 is 1.14 bits per heavy atom. The van der Waals surface area contributed by atoms with E-state index in [1.165, 1.54) is 193 Å². The lowest BCUT2D eigenvalue weighted by molar-refractivity contribution is -0.143. The van der Waals surface area contributed by atoms with Crippen molar-refractivity contribution in [2.75, 3.05) is 6.61 Å². The number of unbranched alkanes of at least 4 members (excludes halogenated alkanes) is 29. The molecule has 0 amide bonds. The molecule has 0 aromatic carbocycles. The molecule has 0 radical (unpaired) electrons. The first-order valence-electron chi connectivity index (χ1n) is 20.3. The minimum atomic E-state index is 0.0189. The van der Waals surface area contributed by atoms with Gasteiger partial charge < -0.3 is 4.74 Å². The first-order valence-corrected chi connectivity index (χ1v) is 20.3. The lowest BCUT2D eigenvalue weighted by Crippen LogP contribution is -2.05. The highest BCUT2D eigenvalue weighted by Gasteiger charge is 2.03. The number of carbonyl (C=O) groups excluding carboxylic acids is 1. The first-order chi connectivity index (χ1) is 21.8. The largest absolute Gasteiger partial charge is 0.466 e. The van der Waals surface area contributed by atoms with Crippen molar-refractivity contribution < 1.29 is 9.53 Å². The topological polar surface area (TPSA) is 26.3 Å². The van der Waals surface area contributed by atoms with Gasteiger partial charge in [-0.25, -0.2) is 0 Å². The maximum absolute atomic E-state index is 12.0. The van der Waals surface area contributed by atoms with E-state index in [4.69, 9.17) is 4.74 Å². The van der Waals surface area contributed by atoms with Crippen LogP contribution in [0.25, 0.3) is 0 Å². The zero-order chi connectivity index (χ0) is 31.9. The quantitative estimate of drug-likeness (QED) is 0.0394. The smallest absolute Gasteiger partial charge is 0.305 e. The maximum Gasteiger partial charge on any atom is 0.305 e. The molecule has 44 heavy (non-hydrogen) atoms. The summed E-state index contributed by atoms with van der Waals surface area (Å²) in [4.78, 5) is 12.0. The third-order valence-corrected chi connectivity index (χ3v) is 9.09. The number of rotatable bonds is 37. The molecule has 0 atom stereocenters. The second kappa shape index (κ2) is 40.0. The molecule has 0 aliphatic rings. The van der Waals surface area contributed by atoms with Crippen LogP contribution in [0.15, 0.2) is 24.3 Å². The van der Waals surface area contributed by atoms with Gasteiger partial charge in [-0.15, -0.1) is 0 Å². The standard InChI is InChI=1S/C42H80O2/c1-3-5-7-9-11-13-15-17-19-21-22-23-24-25-26-28-30-32-34-36-38-40-42(43)44-41-39-37-35-33-31-29-27-20-18-16-14-12-10-8-6-4-2/h12,14,18,20H,3-11,13,15-17,19,21-41H2,1-2H3/b14-12-,20-18-. The van der Waals surface area contributed by atoms with Gasteiger partial charge in [0.25, 0.3) is 0 Å². The van der Waals surface area contributed by atoms with Crippen LogP contribution >= 0.6 is 0 Å². The third-order valence-electron chi connectivity index (χ3n) is 9.09. The number of ether oxygens (including phenoxy) is 1. The minimum Gasteiger partial charge on any atom is -0.466 e. The zero-order valence-corrected chi connectivity index (χ0v) is 30.4. The van der Waals surface area contributed by atoms with Gasteiger partial charge in [-0.2, -0.15) is 0 Å². The summed E-state index contributed by atoms with van der Waals surface area (Å²) in [5, 5.41) is 0. The summed E-state index contributed by atoms with van der Waals surface area (Å²) in [6.07, 6.45) is 54.1. The fourth-order valence-electron chi connectivity index (χ4n) is 6.05. The summed E-state index contributed by atoms with van der Waals surface area (Å²) >= 11 is 0. The van der Waals surface area contributed by atoms with Crippen molar-refractivity contribution in [3.05, 3.63) is 24.3 Å². The van der Waals surface area contributed by atoms with E-state index in [2.05, 4.69) is 38.2 Å². The molecular formula is C42H80O2. The predicted molar refractivity (Wildman–Crippen MR) is 198 cm³/mol. The zero-order valence-electron chi connectivity index (χ0n) is 30.4. The van der Waals surface area contributed by atoms with Crippen molar-refractivity contribution in [3.8, 4) is 0 Å². The van der Waals surface area contributed by atoms with Crippen molar-refractivity contribution >= 4 is 5.97 Å². The average Bonchev–Trinajstić information content (AvgIpc) is 3.03. The lowest BCUT2D eigenvalue weighted by Gasteiger charge is -2.05. The van der Waals surface area contributed by atoms with Gasteiger partial charge in [-0.1, -0.05) is 205 Å². The number of hydrogen-bond acceptors (Lipinski definition) is 2. The molecule has 0 fully saturated rings. The van der Waals surface area contributed by atoms with Gasteiger partial charge in [0.2, 0.25) is 0 Å². The summed E-state index contributed by atoms with van der Waals surface area (Å²) in [6.45, 7) is 5.17. The van der Waals surface area contributed by atoms with E-state index >= 15 is 0 Å². The molecule has 0 unspecified atom stereocenters. The van der Waals surface area contributed by atoms with Gasteiger partial charge in [0.15, 0.2) is 0 Å². The molecule has 0 saturated carbocycles. The molecule has 0 aliphatic heterocycles. The highest BCUT2D eigenvalue weighted by atomic mass is 16.5. The van der Waals surface area contributed by atoms with Crippen molar-refractivity contribution in [1.29, 1.82) is 0 Å². The Kier molecular flexibility index (Phi) is 39.0. The highest BCUT2D eigenvalue weighted by molar-refractivity contribution is 5.69. The SMILES string of the molecule is CCCCC/C=C\C/C=C\CCCCCCCCOC(=O)CCCCCCCCCCCCCCCCCCCCCCC. The number of hydrogen-bond donors (Lipinski definition) is 0. The molecule has 0 spiro atoms. The van der Waals surface area contributed by atoms with E-state index in [0.717, 1.165) is 19.3 Å². The fourth-order valence-corrected chi connectivity index (χ4v) is 6.05. The Bertz CT molecular complexity index is 593. The minimum absolute atomic E-state index is 0.0189. The van der Waals surface area contributed by atoms with E-state index in [1.807, 2.05) is 0 Å².